The summed E-state index contributed by atoms with van der Waals surface area (Å²) in [5.74, 6) is 0.457. The summed E-state index contributed by atoms with van der Waals surface area (Å²) in [7, 11) is 0. The van der Waals surface area contributed by atoms with Crippen molar-refractivity contribution >= 4 is 17.5 Å². The van der Waals surface area contributed by atoms with Crippen LogP contribution in [0, 0.1) is 11.2 Å². The van der Waals surface area contributed by atoms with Crippen LogP contribution in [0.25, 0.3) is 62.0 Å². The second-order valence-electron chi connectivity index (χ2n) is 14.5. The Morgan fingerprint density at radius 3 is 1.85 bits per heavy atom. The minimum Gasteiger partial charge on any atom is -0.355 e. The number of fused-ring (bicyclic) bond motifs is 2. The average Bonchev–Trinajstić information content (AvgIpc) is 3.48. The Hall–Kier alpha value is -6.86. The molecule has 2 aromatic heterocycles. The molecule has 5 aromatic carbocycles. The molecule has 2 aliphatic carbocycles. The van der Waals surface area contributed by atoms with Gasteiger partial charge in [0.25, 0.3) is 0 Å². The topological polar surface area (TPSA) is 87.4 Å². The van der Waals surface area contributed by atoms with Gasteiger partial charge in [-0.3, -0.25) is 0 Å². The molecule has 6 nitrogen and oxygen atoms in total. The number of hydrogen-bond acceptors (Lipinski definition) is 6. The van der Waals surface area contributed by atoms with Crippen LogP contribution in [0.5, 0.6) is 0 Å². The van der Waals surface area contributed by atoms with Gasteiger partial charge in [0.15, 0.2) is 11.6 Å². The number of nitrogens with zero attached hydrogens (tertiary/aromatic N) is 4. The van der Waals surface area contributed by atoms with Crippen molar-refractivity contribution < 1.29 is 4.39 Å². The molecule has 0 aliphatic heterocycles. The van der Waals surface area contributed by atoms with Crippen LogP contribution < -0.4 is 5.32 Å². The lowest BCUT2D eigenvalue weighted by Crippen LogP contribution is -2.20. The van der Waals surface area contributed by atoms with E-state index in [1.54, 1.807) is 24.5 Å². The SMILES string of the molecule is CC1(C)C2=C(C(Nc3ccc(-c4cnc(-c5nc(-c6ccc(F)cc6)cc(-c6ccc(-c7ccccc7)cc6)n5)nc4)cc3)=C(C=N)CC2)c2ccccc21. The normalized spacial score (nSPS) is 14.4. The molecule has 7 heteroatoms. The van der Waals surface area contributed by atoms with Crippen molar-refractivity contribution in [2.24, 2.45) is 0 Å². The minimum atomic E-state index is -0.310. The zero-order chi connectivity index (χ0) is 37.5. The summed E-state index contributed by atoms with van der Waals surface area (Å²) < 4.78 is 13.9. The highest BCUT2D eigenvalue weighted by Gasteiger charge is 2.40. The standard InChI is InChI=1S/C48H37FN6/c1-48(2)40-11-7-6-10-39(40)44-41(48)25-20-35(27-50)45(44)53-38-23-18-32(19-24-38)36-28-51-46(52-29-36)47-54-42(26-43(55-47)34-16-21-37(49)22-17-34)33-14-12-31(13-15-33)30-8-4-3-5-9-30/h3-19,21-24,26-29,50,53H,20,25H2,1-2H3. The third kappa shape index (κ3) is 6.33. The van der Waals surface area contributed by atoms with Crippen LogP contribution >= 0.6 is 0 Å². The molecule has 55 heavy (non-hydrogen) atoms. The number of anilines is 1. The maximum absolute atomic E-state index is 13.9. The van der Waals surface area contributed by atoms with Gasteiger partial charge in [-0.25, -0.2) is 24.3 Å². The summed E-state index contributed by atoms with van der Waals surface area (Å²) in [6.07, 6.45) is 6.86. The average molecular weight is 717 g/mol. The summed E-state index contributed by atoms with van der Waals surface area (Å²) in [5, 5.41) is 11.9. The van der Waals surface area contributed by atoms with E-state index in [-0.39, 0.29) is 11.2 Å². The van der Waals surface area contributed by atoms with Gasteiger partial charge in [0, 0.05) is 52.0 Å². The molecule has 0 saturated carbocycles. The van der Waals surface area contributed by atoms with Gasteiger partial charge in [0.05, 0.1) is 17.1 Å². The molecule has 2 aliphatic rings. The van der Waals surface area contributed by atoms with Crippen LogP contribution in [0.3, 0.4) is 0 Å². The van der Waals surface area contributed by atoms with Crippen LogP contribution in [0.15, 0.2) is 163 Å². The number of halogens is 1. The zero-order valence-electron chi connectivity index (χ0n) is 30.5. The van der Waals surface area contributed by atoms with Crippen LogP contribution in [0.2, 0.25) is 0 Å². The van der Waals surface area contributed by atoms with E-state index in [4.69, 9.17) is 25.3 Å². The van der Waals surface area contributed by atoms with Crippen molar-refractivity contribution in [3.8, 4) is 56.4 Å². The zero-order valence-corrected chi connectivity index (χ0v) is 30.5. The second-order valence-corrected chi connectivity index (χ2v) is 14.5. The van der Waals surface area contributed by atoms with E-state index in [2.05, 4.69) is 92.0 Å². The summed E-state index contributed by atoms with van der Waals surface area (Å²) in [6, 6.07) is 43.6. The second kappa shape index (κ2) is 13.8. The van der Waals surface area contributed by atoms with Crippen molar-refractivity contribution in [2.75, 3.05) is 5.32 Å². The molecule has 9 rings (SSSR count). The van der Waals surface area contributed by atoms with Gasteiger partial charge < -0.3 is 10.7 Å². The first-order chi connectivity index (χ1) is 26.9. The van der Waals surface area contributed by atoms with Crippen LogP contribution in [-0.4, -0.2) is 26.2 Å². The number of aromatic nitrogens is 4. The fraction of sp³-hybridized carbons (Fsp3) is 0.104. The first-order valence-electron chi connectivity index (χ1n) is 18.4. The first kappa shape index (κ1) is 33.9. The molecule has 0 saturated heterocycles. The molecule has 0 bridgehead atoms. The van der Waals surface area contributed by atoms with Crippen molar-refractivity contribution in [3.05, 3.63) is 180 Å². The van der Waals surface area contributed by atoms with Crippen molar-refractivity contribution in [1.82, 2.24) is 19.9 Å². The third-order valence-electron chi connectivity index (χ3n) is 10.8. The molecule has 0 fully saturated rings. The lowest BCUT2D eigenvalue weighted by Gasteiger charge is -2.28. The van der Waals surface area contributed by atoms with Crippen LogP contribution in [-0.2, 0) is 5.41 Å². The summed E-state index contributed by atoms with van der Waals surface area (Å²) in [5.41, 5.74) is 15.3. The van der Waals surface area contributed by atoms with Crippen LogP contribution in [0.1, 0.15) is 37.8 Å². The van der Waals surface area contributed by atoms with E-state index < -0.39 is 0 Å². The monoisotopic (exact) mass is 716 g/mol. The van der Waals surface area contributed by atoms with Gasteiger partial charge in [-0.2, -0.15) is 0 Å². The molecule has 2 N–H and O–H groups in total. The summed E-state index contributed by atoms with van der Waals surface area (Å²) >= 11 is 0. The number of hydrogen-bond donors (Lipinski definition) is 2. The van der Waals surface area contributed by atoms with E-state index >= 15 is 0 Å². The van der Waals surface area contributed by atoms with Gasteiger partial charge in [0.2, 0.25) is 0 Å². The Kier molecular flexibility index (Phi) is 8.54. The maximum atomic E-state index is 13.9. The predicted octanol–water partition coefficient (Wildman–Crippen LogP) is 11.6. The van der Waals surface area contributed by atoms with Gasteiger partial charge in [0.1, 0.15) is 5.82 Å². The lowest BCUT2D eigenvalue weighted by molar-refractivity contribution is 0.605. The quantitative estimate of drug-likeness (QED) is 0.153. The van der Waals surface area contributed by atoms with E-state index in [9.17, 15) is 4.39 Å². The summed E-state index contributed by atoms with van der Waals surface area (Å²) in [4.78, 5) is 19.2. The molecule has 0 spiro atoms. The highest BCUT2D eigenvalue weighted by atomic mass is 19.1. The summed E-state index contributed by atoms with van der Waals surface area (Å²) in [6.45, 7) is 4.61. The van der Waals surface area contributed by atoms with Crippen LogP contribution in [0.4, 0.5) is 10.1 Å². The Morgan fingerprint density at radius 2 is 1.18 bits per heavy atom. The molecular formula is C48H37FN6. The minimum absolute atomic E-state index is 0.0501. The van der Waals surface area contributed by atoms with Gasteiger partial charge in [-0.05, 0) is 94.3 Å². The smallest absolute Gasteiger partial charge is 0.198 e. The molecule has 2 heterocycles. The van der Waals surface area contributed by atoms with Gasteiger partial charge >= 0.3 is 0 Å². The fourth-order valence-corrected chi connectivity index (χ4v) is 7.85. The number of nitrogens with one attached hydrogen (secondary N) is 2. The predicted molar refractivity (Wildman–Crippen MR) is 220 cm³/mol. The van der Waals surface area contributed by atoms with Gasteiger partial charge in [-0.15, -0.1) is 0 Å². The Morgan fingerprint density at radius 1 is 0.618 bits per heavy atom. The maximum Gasteiger partial charge on any atom is 0.198 e. The highest BCUT2D eigenvalue weighted by molar-refractivity contribution is 5.98. The molecule has 0 atom stereocenters. The van der Waals surface area contributed by atoms with E-state index in [1.165, 1.54) is 40.6 Å². The van der Waals surface area contributed by atoms with E-state index in [1.807, 2.05) is 36.4 Å². The Labute approximate surface area is 319 Å². The first-order valence-corrected chi connectivity index (χ1v) is 18.4. The highest BCUT2D eigenvalue weighted by Crippen LogP contribution is 2.53. The molecule has 0 amide bonds. The molecule has 0 radical (unpaired) electrons. The lowest BCUT2D eigenvalue weighted by atomic mass is 9.77. The largest absolute Gasteiger partial charge is 0.355 e. The Bertz CT molecular complexity index is 2630. The van der Waals surface area contributed by atoms with Crippen molar-refractivity contribution in [1.29, 1.82) is 5.41 Å². The van der Waals surface area contributed by atoms with Gasteiger partial charge in [-0.1, -0.05) is 105 Å². The number of rotatable bonds is 8. The van der Waals surface area contributed by atoms with E-state index in [0.29, 0.717) is 23.0 Å². The molecular weight excluding hydrogens is 680 g/mol. The Balaban J connectivity index is 0.999. The number of benzene rings is 5. The van der Waals surface area contributed by atoms with Crippen molar-refractivity contribution in [3.63, 3.8) is 0 Å². The van der Waals surface area contributed by atoms with Crippen molar-refractivity contribution in [2.45, 2.75) is 32.1 Å². The molecule has 0 unspecified atom stereocenters. The third-order valence-corrected chi connectivity index (χ3v) is 10.8. The number of allylic oxidation sites excluding steroid dienone is 3. The molecule has 266 valence electrons. The van der Waals surface area contributed by atoms with E-state index in [0.717, 1.165) is 63.2 Å². The molecule has 7 aromatic rings. The fourth-order valence-electron chi connectivity index (χ4n) is 7.85.